The first-order valence-electron chi connectivity index (χ1n) is 10.4. The van der Waals surface area contributed by atoms with Crippen LogP contribution in [0.4, 0.5) is 5.69 Å². The molecule has 1 unspecified atom stereocenters. The van der Waals surface area contributed by atoms with E-state index in [0.717, 1.165) is 35.3 Å². The van der Waals surface area contributed by atoms with Crippen molar-refractivity contribution in [3.05, 3.63) is 73.1 Å². The lowest BCUT2D eigenvalue weighted by Gasteiger charge is -2.34. The number of carbonyl (C=O) groups excluding carboxylic acids is 2. The smallest absolute Gasteiger partial charge is 0.243 e. The quantitative estimate of drug-likeness (QED) is 0.580. The standard InChI is InChI=1S/C24H27N3O2S2/c1-15-11-16(2)23(17(3)12-15)26-21(28)13-25-22(29)14-27-8-6-19-18(7-10-31-19)24(27)20-5-4-9-30-20/h4-5,7,9-12,24H,6,8,13-14H2,1-3H3,(H,25,29)(H,26,28). The van der Waals surface area contributed by atoms with Crippen molar-refractivity contribution in [1.29, 1.82) is 0 Å². The Hall–Kier alpha value is -2.48. The van der Waals surface area contributed by atoms with Crippen LogP contribution in [-0.2, 0) is 16.0 Å². The fourth-order valence-electron chi connectivity index (χ4n) is 4.30. The first kappa shape index (κ1) is 21.7. The van der Waals surface area contributed by atoms with Gasteiger partial charge >= 0.3 is 0 Å². The van der Waals surface area contributed by atoms with Gasteiger partial charge in [-0.3, -0.25) is 14.5 Å². The number of anilines is 1. The monoisotopic (exact) mass is 453 g/mol. The highest BCUT2D eigenvalue weighted by Crippen LogP contribution is 2.39. The number of thiophene rings is 2. The molecule has 0 fully saturated rings. The lowest BCUT2D eigenvalue weighted by Crippen LogP contribution is -2.44. The molecule has 162 valence electrons. The van der Waals surface area contributed by atoms with Gasteiger partial charge in [0.25, 0.3) is 0 Å². The molecule has 1 atom stereocenters. The minimum atomic E-state index is -0.211. The van der Waals surface area contributed by atoms with Crippen LogP contribution < -0.4 is 10.6 Å². The molecule has 1 aliphatic heterocycles. The Morgan fingerprint density at radius 1 is 1.06 bits per heavy atom. The summed E-state index contributed by atoms with van der Waals surface area (Å²) in [4.78, 5) is 30.0. The van der Waals surface area contributed by atoms with E-state index in [0.29, 0.717) is 0 Å². The summed E-state index contributed by atoms with van der Waals surface area (Å²) >= 11 is 3.51. The maximum Gasteiger partial charge on any atom is 0.243 e. The van der Waals surface area contributed by atoms with Crippen molar-refractivity contribution in [1.82, 2.24) is 10.2 Å². The van der Waals surface area contributed by atoms with Gasteiger partial charge in [-0.25, -0.2) is 0 Å². The van der Waals surface area contributed by atoms with Crippen LogP contribution in [0.5, 0.6) is 0 Å². The van der Waals surface area contributed by atoms with E-state index in [1.165, 1.54) is 15.3 Å². The number of hydrogen-bond acceptors (Lipinski definition) is 5. The van der Waals surface area contributed by atoms with E-state index in [2.05, 4.69) is 44.5 Å². The highest BCUT2D eigenvalue weighted by Gasteiger charge is 2.31. The Balaban J connectivity index is 1.37. The van der Waals surface area contributed by atoms with Gasteiger partial charge in [-0.1, -0.05) is 23.8 Å². The van der Waals surface area contributed by atoms with Gasteiger partial charge in [0.1, 0.15) is 0 Å². The molecule has 31 heavy (non-hydrogen) atoms. The van der Waals surface area contributed by atoms with Crippen LogP contribution in [0.2, 0.25) is 0 Å². The van der Waals surface area contributed by atoms with Gasteiger partial charge in [-0.2, -0.15) is 0 Å². The minimum Gasteiger partial charge on any atom is -0.346 e. The van der Waals surface area contributed by atoms with Crippen molar-refractivity contribution in [2.24, 2.45) is 0 Å². The van der Waals surface area contributed by atoms with Gasteiger partial charge in [0, 0.05) is 22.0 Å². The second-order valence-electron chi connectivity index (χ2n) is 8.04. The summed E-state index contributed by atoms with van der Waals surface area (Å²) < 4.78 is 0. The average Bonchev–Trinajstić information content (AvgIpc) is 3.41. The van der Waals surface area contributed by atoms with Gasteiger partial charge in [-0.05, 0) is 66.8 Å². The van der Waals surface area contributed by atoms with Crippen molar-refractivity contribution in [2.45, 2.75) is 33.2 Å². The van der Waals surface area contributed by atoms with Gasteiger partial charge in [0.05, 0.1) is 19.1 Å². The summed E-state index contributed by atoms with van der Waals surface area (Å²) in [5.74, 6) is -0.343. The van der Waals surface area contributed by atoms with E-state index in [9.17, 15) is 9.59 Å². The Labute approximate surface area is 191 Å². The van der Waals surface area contributed by atoms with Crippen molar-refractivity contribution in [2.75, 3.05) is 25.0 Å². The average molecular weight is 454 g/mol. The molecule has 3 heterocycles. The molecule has 2 aromatic heterocycles. The van der Waals surface area contributed by atoms with E-state index in [1.54, 1.807) is 22.7 Å². The van der Waals surface area contributed by atoms with Gasteiger partial charge in [0.2, 0.25) is 11.8 Å². The number of hydrogen-bond donors (Lipinski definition) is 2. The molecule has 0 saturated carbocycles. The van der Waals surface area contributed by atoms with Crippen LogP contribution in [-0.4, -0.2) is 36.3 Å². The molecule has 0 saturated heterocycles. The zero-order valence-electron chi connectivity index (χ0n) is 18.0. The van der Waals surface area contributed by atoms with Crippen molar-refractivity contribution in [3.63, 3.8) is 0 Å². The molecule has 0 aliphatic carbocycles. The maximum absolute atomic E-state index is 12.7. The first-order chi connectivity index (χ1) is 14.9. The normalized spacial score (nSPS) is 16.0. The Kier molecular flexibility index (Phi) is 6.55. The number of fused-ring (bicyclic) bond motifs is 1. The molecule has 5 nitrogen and oxygen atoms in total. The summed E-state index contributed by atoms with van der Waals surface area (Å²) in [6.07, 6.45) is 0.953. The third kappa shape index (κ3) is 4.89. The van der Waals surface area contributed by atoms with E-state index in [4.69, 9.17) is 0 Å². The van der Waals surface area contributed by atoms with Crippen molar-refractivity contribution >= 4 is 40.2 Å². The van der Waals surface area contributed by atoms with Crippen LogP contribution in [0.25, 0.3) is 0 Å². The van der Waals surface area contributed by atoms with E-state index in [-0.39, 0.29) is 30.9 Å². The predicted molar refractivity (Wildman–Crippen MR) is 128 cm³/mol. The van der Waals surface area contributed by atoms with Crippen molar-refractivity contribution < 1.29 is 9.59 Å². The molecule has 1 aromatic carbocycles. The molecule has 0 radical (unpaired) electrons. The van der Waals surface area contributed by atoms with Gasteiger partial charge in [0.15, 0.2) is 0 Å². The predicted octanol–water partition coefficient (Wildman–Crippen LogP) is 4.44. The lowest BCUT2D eigenvalue weighted by atomic mass is 9.98. The van der Waals surface area contributed by atoms with E-state index in [1.807, 2.05) is 32.9 Å². The zero-order chi connectivity index (χ0) is 22.0. The fourth-order valence-corrected chi connectivity index (χ4v) is 6.08. The molecule has 2 N–H and O–H groups in total. The second-order valence-corrected chi connectivity index (χ2v) is 10.0. The number of nitrogens with zero attached hydrogens (tertiary/aromatic N) is 1. The largest absolute Gasteiger partial charge is 0.346 e. The summed E-state index contributed by atoms with van der Waals surface area (Å²) in [5, 5.41) is 9.95. The van der Waals surface area contributed by atoms with E-state index >= 15 is 0 Å². The highest BCUT2D eigenvalue weighted by atomic mass is 32.1. The third-order valence-electron chi connectivity index (χ3n) is 5.61. The summed E-state index contributed by atoms with van der Waals surface area (Å²) in [7, 11) is 0. The van der Waals surface area contributed by atoms with Crippen LogP contribution in [0.15, 0.2) is 41.1 Å². The minimum absolute atomic E-state index is 0.0349. The number of benzene rings is 1. The van der Waals surface area contributed by atoms with Gasteiger partial charge in [-0.15, -0.1) is 22.7 Å². The molecule has 4 rings (SSSR count). The Bertz CT molecular complexity index is 1070. The molecule has 1 aliphatic rings. The molecule has 3 aromatic rings. The van der Waals surface area contributed by atoms with Crippen LogP contribution in [0.3, 0.4) is 0 Å². The molecule has 0 bridgehead atoms. The lowest BCUT2D eigenvalue weighted by molar-refractivity contribution is -0.125. The summed E-state index contributed by atoms with van der Waals surface area (Å²) in [5.41, 5.74) is 5.33. The maximum atomic E-state index is 12.7. The second kappa shape index (κ2) is 9.34. The fraction of sp³-hybridized carbons (Fsp3) is 0.333. The summed E-state index contributed by atoms with van der Waals surface area (Å²) in [6.45, 7) is 7.06. The van der Waals surface area contributed by atoms with Crippen LogP contribution in [0.1, 0.15) is 38.0 Å². The third-order valence-corrected chi connectivity index (χ3v) is 7.53. The van der Waals surface area contributed by atoms with Crippen molar-refractivity contribution in [3.8, 4) is 0 Å². The molecule has 7 heteroatoms. The Morgan fingerprint density at radius 2 is 1.84 bits per heavy atom. The summed E-state index contributed by atoms with van der Waals surface area (Å²) in [6, 6.07) is 10.5. The number of aryl methyl sites for hydroxylation is 3. The Morgan fingerprint density at radius 3 is 2.55 bits per heavy atom. The first-order valence-corrected chi connectivity index (χ1v) is 12.2. The number of rotatable bonds is 6. The molecule has 2 amide bonds. The number of amides is 2. The highest BCUT2D eigenvalue weighted by molar-refractivity contribution is 7.10. The molecular weight excluding hydrogens is 426 g/mol. The number of carbonyl (C=O) groups is 2. The SMILES string of the molecule is Cc1cc(C)c(NC(=O)CNC(=O)CN2CCc3sccc3C2c2cccs2)c(C)c1. The molecular formula is C24H27N3O2S2. The topological polar surface area (TPSA) is 61.4 Å². The zero-order valence-corrected chi connectivity index (χ0v) is 19.7. The van der Waals surface area contributed by atoms with E-state index < -0.39 is 0 Å². The number of nitrogens with one attached hydrogen (secondary N) is 2. The molecule has 0 spiro atoms. The van der Waals surface area contributed by atoms with Crippen LogP contribution >= 0.6 is 22.7 Å². The van der Waals surface area contributed by atoms with Gasteiger partial charge < -0.3 is 10.6 Å². The van der Waals surface area contributed by atoms with Crippen LogP contribution in [0, 0.1) is 20.8 Å².